The van der Waals surface area contributed by atoms with Gasteiger partial charge in [-0.2, -0.15) is 0 Å². The van der Waals surface area contributed by atoms with Gasteiger partial charge in [0, 0.05) is 37.9 Å². The highest BCUT2D eigenvalue weighted by Crippen LogP contribution is 2.24. The van der Waals surface area contributed by atoms with Crippen LogP contribution < -0.4 is 20.3 Å². The molecule has 158 valence electrons. The maximum absolute atomic E-state index is 11.9. The molecule has 1 fully saturated rings. The highest BCUT2D eigenvalue weighted by atomic mass is 127. The second-order valence-electron chi connectivity index (χ2n) is 7.64. The molecule has 0 bridgehead atoms. The number of piperidine rings is 1. The Morgan fingerprint density at radius 3 is 2.75 bits per heavy atom. The third-order valence-electron chi connectivity index (χ3n) is 4.22. The van der Waals surface area contributed by atoms with E-state index in [0.717, 1.165) is 37.4 Å². The molecule has 1 aromatic rings. The molecule has 0 amide bonds. The summed E-state index contributed by atoms with van der Waals surface area (Å²) in [7, 11) is 3.38. The second kappa shape index (κ2) is 11.3. The predicted molar refractivity (Wildman–Crippen MR) is 124 cm³/mol. The number of nitrogens with zero attached hydrogens (tertiary/aromatic N) is 2. The Hall–Kier alpha value is -1.71. The van der Waals surface area contributed by atoms with Crippen molar-refractivity contribution in [3.8, 4) is 5.75 Å². The van der Waals surface area contributed by atoms with E-state index >= 15 is 0 Å². The summed E-state index contributed by atoms with van der Waals surface area (Å²) >= 11 is 0. The first-order valence-corrected chi connectivity index (χ1v) is 9.39. The molecule has 2 rings (SSSR count). The summed E-state index contributed by atoms with van der Waals surface area (Å²) in [6.45, 7) is 7.52. The molecule has 1 saturated heterocycles. The summed E-state index contributed by atoms with van der Waals surface area (Å²) < 4.78 is 10.6. The molecule has 7 nitrogen and oxygen atoms in total. The lowest BCUT2D eigenvalue weighted by Crippen LogP contribution is -2.52. The Kier molecular flexibility index (Phi) is 9.84. The molecule has 2 N–H and O–H groups in total. The molecule has 28 heavy (non-hydrogen) atoms. The average molecular weight is 504 g/mol. The number of hydrogen-bond acceptors (Lipinski definition) is 5. The molecule has 8 heteroatoms. The molecular formula is C20H33IN4O3. The van der Waals surface area contributed by atoms with Crippen LogP contribution >= 0.6 is 24.0 Å². The largest absolute Gasteiger partial charge is 0.497 e. The van der Waals surface area contributed by atoms with E-state index in [1.165, 1.54) is 0 Å². The molecule has 1 atom stereocenters. The van der Waals surface area contributed by atoms with E-state index in [4.69, 9.17) is 9.47 Å². The van der Waals surface area contributed by atoms with Crippen molar-refractivity contribution in [2.24, 2.45) is 4.99 Å². The normalized spacial score (nSPS) is 17.4. The number of nitrogens with one attached hydrogen (secondary N) is 2. The first-order valence-electron chi connectivity index (χ1n) is 9.39. The fourth-order valence-corrected chi connectivity index (χ4v) is 3.06. The minimum absolute atomic E-state index is 0. The number of anilines is 1. The minimum Gasteiger partial charge on any atom is -0.497 e. The number of methoxy groups -OCH3 is 1. The number of rotatable bonds is 5. The monoisotopic (exact) mass is 504 g/mol. The Balaban J connectivity index is 0.00000392. The van der Waals surface area contributed by atoms with Gasteiger partial charge in [-0.1, -0.05) is 6.07 Å². The lowest BCUT2D eigenvalue weighted by molar-refractivity contribution is -0.153. The number of guanidine groups is 1. The summed E-state index contributed by atoms with van der Waals surface area (Å²) in [6.07, 6.45) is 2.13. The lowest BCUT2D eigenvalue weighted by atomic mass is 10.0. The zero-order valence-electron chi connectivity index (χ0n) is 17.4. The van der Waals surface area contributed by atoms with E-state index in [0.29, 0.717) is 5.96 Å². The first-order chi connectivity index (χ1) is 12.8. The summed E-state index contributed by atoms with van der Waals surface area (Å²) in [4.78, 5) is 18.4. The van der Waals surface area contributed by atoms with Gasteiger partial charge in [-0.25, -0.2) is 0 Å². The van der Waals surface area contributed by atoms with E-state index in [9.17, 15) is 4.79 Å². The van der Waals surface area contributed by atoms with Crippen LogP contribution in [0.3, 0.4) is 0 Å². The number of halogens is 1. The number of carbonyl (C=O) groups excluding carboxylic acids is 1. The van der Waals surface area contributed by atoms with Gasteiger partial charge in [0.2, 0.25) is 0 Å². The lowest BCUT2D eigenvalue weighted by Gasteiger charge is -2.35. The summed E-state index contributed by atoms with van der Waals surface area (Å²) in [5.41, 5.74) is 0.661. The van der Waals surface area contributed by atoms with Gasteiger partial charge in [0.1, 0.15) is 17.9 Å². The molecule has 1 heterocycles. The standard InChI is InChI=1S/C20H32N4O3.HI/c1-20(2,3)27-18(25)13-22-19(21-4)23-15-8-7-11-24(14-15)16-9-6-10-17(12-16)26-5;/h6,9-10,12,15H,7-8,11,13-14H2,1-5H3,(H2,21,22,23);1H. The van der Waals surface area contributed by atoms with Crippen LogP contribution in [0.1, 0.15) is 33.6 Å². The smallest absolute Gasteiger partial charge is 0.325 e. The molecule has 0 aromatic heterocycles. The molecule has 0 saturated carbocycles. The Bertz CT molecular complexity index is 661. The van der Waals surface area contributed by atoms with Gasteiger partial charge in [0.25, 0.3) is 0 Å². The molecule has 1 aliphatic heterocycles. The zero-order valence-corrected chi connectivity index (χ0v) is 19.8. The number of aliphatic imine (C=N–C) groups is 1. The van der Waals surface area contributed by atoms with Gasteiger partial charge < -0.3 is 25.0 Å². The van der Waals surface area contributed by atoms with Crippen molar-refractivity contribution in [3.05, 3.63) is 24.3 Å². The molecule has 1 aromatic carbocycles. The van der Waals surface area contributed by atoms with Crippen molar-refractivity contribution < 1.29 is 14.3 Å². The van der Waals surface area contributed by atoms with Gasteiger partial charge in [-0.3, -0.25) is 9.79 Å². The van der Waals surface area contributed by atoms with Gasteiger partial charge >= 0.3 is 5.97 Å². The van der Waals surface area contributed by atoms with Crippen LogP contribution in [0.5, 0.6) is 5.75 Å². The maximum Gasteiger partial charge on any atom is 0.325 e. The third-order valence-corrected chi connectivity index (χ3v) is 4.22. The highest BCUT2D eigenvalue weighted by Gasteiger charge is 2.22. The molecular weight excluding hydrogens is 471 g/mol. The van der Waals surface area contributed by atoms with Crippen molar-refractivity contribution in [1.82, 2.24) is 10.6 Å². The minimum atomic E-state index is -0.490. The van der Waals surface area contributed by atoms with Crippen LogP contribution in [0.25, 0.3) is 0 Å². The average Bonchev–Trinajstić information content (AvgIpc) is 2.64. The molecule has 1 aliphatic rings. The molecule has 0 spiro atoms. The Morgan fingerprint density at radius 2 is 2.11 bits per heavy atom. The summed E-state index contributed by atoms with van der Waals surface area (Å²) in [6, 6.07) is 8.35. The first kappa shape index (κ1) is 24.3. The molecule has 1 unspecified atom stereocenters. The van der Waals surface area contributed by atoms with Crippen molar-refractivity contribution in [2.45, 2.75) is 45.3 Å². The molecule has 0 aliphatic carbocycles. The second-order valence-corrected chi connectivity index (χ2v) is 7.64. The van der Waals surface area contributed by atoms with Gasteiger partial charge in [0.05, 0.1) is 7.11 Å². The van der Waals surface area contributed by atoms with Crippen LogP contribution in [-0.2, 0) is 9.53 Å². The number of benzene rings is 1. The van der Waals surface area contributed by atoms with Crippen molar-refractivity contribution in [2.75, 3.05) is 38.7 Å². The number of carbonyl (C=O) groups is 1. The SMILES string of the molecule is CN=C(NCC(=O)OC(C)(C)C)NC1CCCN(c2cccc(OC)c2)C1.I. The van der Waals surface area contributed by atoms with Crippen LogP contribution in [0, 0.1) is 0 Å². The van der Waals surface area contributed by atoms with Crippen LogP contribution in [-0.4, -0.2) is 57.4 Å². The van der Waals surface area contributed by atoms with E-state index in [1.54, 1.807) is 14.2 Å². The van der Waals surface area contributed by atoms with E-state index in [2.05, 4.69) is 32.7 Å². The van der Waals surface area contributed by atoms with Crippen molar-refractivity contribution >= 4 is 41.6 Å². The zero-order chi connectivity index (χ0) is 19.9. The van der Waals surface area contributed by atoms with Gasteiger partial charge in [-0.05, 0) is 45.7 Å². The molecule has 0 radical (unpaired) electrons. The fraction of sp³-hybridized carbons (Fsp3) is 0.600. The van der Waals surface area contributed by atoms with Gasteiger partial charge in [-0.15, -0.1) is 24.0 Å². The highest BCUT2D eigenvalue weighted by molar-refractivity contribution is 14.0. The Labute approximate surface area is 185 Å². The predicted octanol–water partition coefficient (Wildman–Crippen LogP) is 2.79. The van der Waals surface area contributed by atoms with E-state index < -0.39 is 5.60 Å². The quantitative estimate of drug-likeness (QED) is 0.278. The van der Waals surface area contributed by atoms with Crippen LogP contribution in [0.4, 0.5) is 5.69 Å². The fourth-order valence-electron chi connectivity index (χ4n) is 3.06. The van der Waals surface area contributed by atoms with Crippen molar-refractivity contribution in [1.29, 1.82) is 0 Å². The third kappa shape index (κ3) is 8.12. The summed E-state index contributed by atoms with van der Waals surface area (Å²) in [5.74, 6) is 1.17. The van der Waals surface area contributed by atoms with E-state index in [-0.39, 0.29) is 42.5 Å². The van der Waals surface area contributed by atoms with Crippen molar-refractivity contribution in [3.63, 3.8) is 0 Å². The van der Waals surface area contributed by atoms with Crippen LogP contribution in [0.15, 0.2) is 29.3 Å². The Morgan fingerprint density at radius 1 is 1.36 bits per heavy atom. The van der Waals surface area contributed by atoms with Gasteiger partial charge in [0.15, 0.2) is 5.96 Å². The topological polar surface area (TPSA) is 75.2 Å². The maximum atomic E-state index is 11.9. The number of ether oxygens (including phenoxy) is 2. The number of hydrogen-bond donors (Lipinski definition) is 2. The summed E-state index contributed by atoms with van der Waals surface area (Å²) in [5, 5.41) is 6.45. The number of esters is 1. The van der Waals surface area contributed by atoms with Crippen LogP contribution in [0.2, 0.25) is 0 Å². The van der Waals surface area contributed by atoms with E-state index in [1.807, 2.05) is 32.9 Å².